The third-order valence-corrected chi connectivity index (χ3v) is 7.17. The van der Waals surface area contributed by atoms with E-state index in [1.807, 2.05) is 22.3 Å². The number of hydrogen-bond donors (Lipinski definition) is 0. The lowest BCUT2D eigenvalue weighted by molar-refractivity contribution is 0.0989. The molecule has 1 aliphatic heterocycles. The van der Waals surface area contributed by atoms with E-state index in [0.717, 1.165) is 42.8 Å². The van der Waals surface area contributed by atoms with Crippen LogP contribution in [0.4, 0.5) is 5.69 Å². The van der Waals surface area contributed by atoms with Crippen LogP contribution in [0, 0.1) is 0 Å². The first kappa shape index (κ1) is 14.4. The summed E-state index contributed by atoms with van der Waals surface area (Å²) in [5.74, 6) is 0.165. The van der Waals surface area contributed by atoms with Gasteiger partial charge in [-0.3, -0.25) is 4.79 Å². The van der Waals surface area contributed by atoms with E-state index in [9.17, 15) is 4.79 Å². The van der Waals surface area contributed by atoms with Crippen LogP contribution in [-0.2, 0) is 19.3 Å². The van der Waals surface area contributed by atoms with E-state index in [1.54, 1.807) is 11.3 Å². The Kier molecular flexibility index (Phi) is 3.35. The second kappa shape index (κ2) is 5.57. The van der Waals surface area contributed by atoms with Crippen LogP contribution in [-0.4, -0.2) is 12.5 Å². The van der Waals surface area contributed by atoms with Gasteiger partial charge in [0.2, 0.25) is 0 Å². The number of thiophene rings is 2. The van der Waals surface area contributed by atoms with Crippen molar-refractivity contribution in [1.82, 2.24) is 0 Å². The van der Waals surface area contributed by atoms with Crippen LogP contribution >= 0.6 is 22.7 Å². The van der Waals surface area contributed by atoms with Gasteiger partial charge in [0.1, 0.15) is 0 Å². The zero-order chi connectivity index (χ0) is 16.1. The van der Waals surface area contributed by atoms with Crippen molar-refractivity contribution < 1.29 is 4.79 Å². The zero-order valence-electron chi connectivity index (χ0n) is 13.2. The van der Waals surface area contributed by atoms with Gasteiger partial charge in [-0.2, -0.15) is 0 Å². The quantitative estimate of drug-likeness (QED) is 0.592. The summed E-state index contributed by atoms with van der Waals surface area (Å²) < 4.78 is 0. The number of fused-ring (bicyclic) bond motifs is 4. The van der Waals surface area contributed by atoms with Crippen molar-refractivity contribution in [3.63, 3.8) is 0 Å². The molecule has 1 aromatic carbocycles. The van der Waals surface area contributed by atoms with Crippen LogP contribution in [0.2, 0.25) is 0 Å². The molecule has 24 heavy (non-hydrogen) atoms. The average Bonchev–Trinajstić information content (AvgIpc) is 3.26. The Morgan fingerprint density at radius 2 is 1.96 bits per heavy atom. The van der Waals surface area contributed by atoms with Crippen molar-refractivity contribution in [2.24, 2.45) is 0 Å². The van der Waals surface area contributed by atoms with E-state index in [-0.39, 0.29) is 5.91 Å². The number of nitrogens with zero attached hydrogens (tertiary/aromatic N) is 1. The maximum absolute atomic E-state index is 13.2. The number of benzene rings is 1. The molecule has 1 amide bonds. The fraction of sp³-hybridized carbons (Fsp3) is 0.250. The third-order valence-electron chi connectivity index (χ3n) is 4.99. The number of hydrogen-bond acceptors (Lipinski definition) is 3. The summed E-state index contributed by atoms with van der Waals surface area (Å²) in [6, 6.07) is 12.7. The van der Waals surface area contributed by atoms with Gasteiger partial charge < -0.3 is 4.90 Å². The third kappa shape index (κ3) is 2.17. The van der Waals surface area contributed by atoms with E-state index in [4.69, 9.17) is 0 Å². The molecule has 2 nitrogen and oxygen atoms in total. The van der Waals surface area contributed by atoms with Crippen molar-refractivity contribution in [2.45, 2.75) is 25.7 Å². The lowest BCUT2D eigenvalue weighted by atomic mass is 9.98. The Morgan fingerprint density at radius 1 is 1.04 bits per heavy atom. The minimum Gasteiger partial charge on any atom is -0.307 e. The van der Waals surface area contributed by atoms with Gasteiger partial charge >= 0.3 is 0 Å². The Hall–Kier alpha value is -1.91. The lowest BCUT2D eigenvalue weighted by Gasteiger charge is -2.29. The number of carbonyl (C=O) groups excluding carboxylic acids is 1. The highest BCUT2D eigenvalue weighted by atomic mass is 32.1. The molecule has 3 heterocycles. The van der Waals surface area contributed by atoms with Crippen molar-refractivity contribution >= 4 is 34.3 Å². The summed E-state index contributed by atoms with van der Waals surface area (Å²) in [7, 11) is 0. The summed E-state index contributed by atoms with van der Waals surface area (Å²) in [5, 5.41) is 2.17. The van der Waals surface area contributed by atoms with Crippen molar-refractivity contribution in [2.75, 3.05) is 11.4 Å². The summed E-state index contributed by atoms with van der Waals surface area (Å²) in [6.07, 6.45) is 4.28. The normalized spacial score (nSPS) is 15.6. The Labute approximate surface area is 149 Å². The second-order valence-electron chi connectivity index (χ2n) is 6.41. The first-order valence-electron chi connectivity index (χ1n) is 8.40. The number of anilines is 1. The molecule has 0 N–H and O–H groups in total. The van der Waals surface area contributed by atoms with Crippen LogP contribution in [0.25, 0.3) is 10.4 Å². The van der Waals surface area contributed by atoms with Crippen LogP contribution in [0.15, 0.2) is 41.8 Å². The van der Waals surface area contributed by atoms with Gasteiger partial charge in [0, 0.05) is 27.5 Å². The van der Waals surface area contributed by atoms with Crippen LogP contribution in [0.1, 0.15) is 32.1 Å². The van der Waals surface area contributed by atoms with E-state index >= 15 is 0 Å². The summed E-state index contributed by atoms with van der Waals surface area (Å²) in [4.78, 5) is 18.8. The average molecular weight is 351 g/mol. The van der Waals surface area contributed by atoms with Crippen molar-refractivity contribution in [3.05, 3.63) is 62.7 Å². The maximum atomic E-state index is 13.2. The van der Waals surface area contributed by atoms with Crippen molar-refractivity contribution in [3.8, 4) is 10.4 Å². The fourth-order valence-electron chi connectivity index (χ4n) is 3.81. The Balaban J connectivity index is 1.54. The van der Waals surface area contributed by atoms with Crippen LogP contribution in [0.3, 0.4) is 0 Å². The summed E-state index contributed by atoms with van der Waals surface area (Å²) in [6.45, 7) is 0.822. The van der Waals surface area contributed by atoms with Gasteiger partial charge in [-0.15, -0.1) is 22.7 Å². The SMILES string of the molecule is O=C(c1cc2c(s1)-c1ccsc1CC2)N1CCCc2ccccc21. The highest BCUT2D eigenvalue weighted by molar-refractivity contribution is 7.18. The number of aryl methyl sites for hydroxylation is 3. The van der Waals surface area contributed by atoms with Gasteiger partial charge in [-0.05, 0) is 60.4 Å². The van der Waals surface area contributed by atoms with Gasteiger partial charge in [0.15, 0.2) is 0 Å². The van der Waals surface area contributed by atoms with Gasteiger partial charge in [-0.25, -0.2) is 0 Å². The standard InChI is InChI=1S/C20H17NOS2/c22-20(21-10-3-5-13-4-1-2-6-16(13)21)18-12-14-7-8-17-15(9-11-23-17)19(14)24-18/h1-2,4,6,9,11-12H,3,5,7-8,10H2. The molecule has 0 radical (unpaired) electrons. The molecule has 2 aliphatic rings. The number of para-hydroxylation sites is 1. The lowest BCUT2D eigenvalue weighted by Crippen LogP contribution is -2.34. The van der Waals surface area contributed by atoms with E-state index in [0.29, 0.717) is 0 Å². The largest absolute Gasteiger partial charge is 0.307 e. The zero-order valence-corrected chi connectivity index (χ0v) is 14.9. The summed E-state index contributed by atoms with van der Waals surface area (Å²) >= 11 is 3.51. The molecule has 0 saturated carbocycles. The molecule has 1 aliphatic carbocycles. The molecule has 0 atom stereocenters. The maximum Gasteiger partial charge on any atom is 0.268 e. The molecule has 0 spiro atoms. The second-order valence-corrected chi connectivity index (χ2v) is 8.46. The molecule has 2 aromatic heterocycles. The molecule has 3 aromatic rings. The predicted octanol–water partition coefficient (Wildman–Crippen LogP) is 5.17. The first-order valence-corrected chi connectivity index (χ1v) is 10.1. The molecule has 5 rings (SSSR count). The van der Waals surface area contributed by atoms with Gasteiger partial charge in [0.25, 0.3) is 5.91 Å². The molecule has 0 fully saturated rings. The summed E-state index contributed by atoms with van der Waals surface area (Å²) in [5.41, 5.74) is 5.08. The highest BCUT2D eigenvalue weighted by Crippen LogP contribution is 2.42. The molecule has 0 bridgehead atoms. The van der Waals surface area contributed by atoms with Gasteiger partial charge in [-0.1, -0.05) is 18.2 Å². The molecule has 120 valence electrons. The van der Waals surface area contributed by atoms with Crippen LogP contribution < -0.4 is 4.90 Å². The monoisotopic (exact) mass is 351 g/mol. The predicted molar refractivity (Wildman–Crippen MR) is 101 cm³/mol. The number of carbonyl (C=O) groups is 1. The number of rotatable bonds is 1. The smallest absolute Gasteiger partial charge is 0.268 e. The first-order chi connectivity index (χ1) is 11.8. The minimum atomic E-state index is 0.165. The topological polar surface area (TPSA) is 20.3 Å². The molecule has 0 unspecified atom stereocenters. The van der Waals surface area contributed by atoms with Crippen molar-refractivity contribution in [1.29, 1.82) is 0 Å². The Bertz CT molecular complexity index is 937. The number of amides is 1. The highest BCUT2D eigenvalue weighted by Gasteiger charge is 2.27. The fourth-order valence-corrected chi connectivity index (χ4v) is 5.97. The van der Waals surface area contributed by atoms with E-state index < -0.39 is 0 Å². The van der Waals surface area contributed by atoms with Crippen LogP contribution in [0.5, 0.6) is 0 Å². The molecular formula is C20H17NOS2. The van der Waals surface area contributed by atoms with E-state index in [2.05, 4.69) is 35.7 Å². The van der Waals surface area contributed by atoms with Gasteiger partial charge in [0.05, 0.1) is 4.88 Å². The minimum absolute atomic E-state index is 0.165. The molecular weight excluding hydrogens is 334 g/mol. The molecule has 0 saturated heterocycles. The Morgan fingerprint density at radius 3 is 2.92 bits per heavy atom. The van der Waals surface area contributed by atoms with E-state index in [1.165, 1.54) is 26.4 Å². The molecule has 4 heteroatoms.